The normalized spacial score (nSPS) is 11.7. The fourth-order valence-corrected chi connectivity index (χ4v) is 6.02. The minimum atomic E-state index is 1.14. The molecule has 0 amide bonds. The monoisotopic (exact) mass is 537 g/mol. The minimum Gasteiger partial charge on any atom is -0.309 e. The van der Waals surface area contributed by atoms with E-state index in [0.717, 1.165) is 11.3 Å². The zero-order valence-corrected chi connectivity index (χ0v) is 23.7. The second-order valence-corrected chi connectivity index (χ2v) is 10.6. The van der Waals surface area contributed by atoms with Gasteiger partial charge in [0.05, 0.1) is 11.0 Å². The highest BCUT2D eigenvalue weighted by Crippen LogP contribution is 2.38. The Morgan fingerprint density at radius 2 is 1.05 bits per heavy atom. The van der Waals surface area contributed by atoms with Gasteiger partial charge in [-0.3, -0.25) is 0 Å². The van der Waals surface area contributed by atoms with Gasteiger partial charge >= 0.3 is 0 Å². The van der Waals surface area contributed by atoms with Gasteiger partial charge in [-0.25, -0.2) is 0 Å². The maximum atomic E-state index is 3.97. The van der Waals surface area contributed by atoms with E-state index in [1.165, 1.54) is 60.8 Å². The van der Waals surface area contributed by atoms with Gasteiger partial charge in [-0.2, -0.15) is 0 Å². The summed E-state index contributed by atoms with van der Waals surface area (Å²) in [5, 5.41) is 2.50. The van der Waals surface area contributed by atoms with E-state index in [9.17, 15) is 0 Å². The first-order chi connectivity index (χ1) is 20.7. The van der Waals surface area contributed by atoms with Crippen molar-refractivity contribution >= 4 is 27.4 Å². The van der Waals surface area contributed by atoms with Crippen LogP contribution in [0.15, 0.2) is 164 Å². The highest BCUT2D eigenvalue weighted by Gasteiger charge is 2.14. The first kappa shape index (κ1) is 25.6. The van der Waals surface area contributed by atoms with Crippen LogP contribution in [0.4, 0.5) is 0 Å². The van der Waals surface area contributed by atoms with Gasteiger partial charge in [0.15, 0.2) is 0 Å². The molecule has 1 nitrogen and oxygen atoms in total. The maximum Gasteiger partial charge on any atom is 0.0541 e. The lowest BCUT2D eigenvalue weighted by Gasteiger charge is -2.12. The van der Waals surface area contributed by atoms with E-state index >= 15 is 0 Å². The summed E-state index contributed by atoms with van der Waals surface area (Å²) in [5.41, 5.74) is 13.2. The van der Waals surface area contributed by atoms with Crippen LogP contribution in [0, 0.1) is 0 Å². The van der Waals surface area contributed by atoms with Gasteiger partial charge in [0, 0.05) is 16.5 Å². The van der Waals surface area contributed by atoms with Crippen molar-refractivity contribution in [1.82, 2.24) is 4.57 Å². The van der Waals surface area contributed by atoms with Gasteiger partial charge in [0.25, 0.3) is 0 Å². The van der Waals surface area contributed by atoms with Crippen molar-refractivity contribution in [2.24, 2.45) is 0 Å². The smallest absolute Gasteiger partial charge is 0.0541 e. The van der Waals surface area contributed by atoms with Crippen LogP contribution in [-0.4, -0.2) is 4.57 Å². The second kappa shape index (κ2) is 10.9. The minimum absolute atomic E-state index is 1.14. The van der Waals surface area contributed by atoms with Crippen molar-refractivity contribution in [2.75, 3.05) is 0 Å². The van der Waals surface area contributed by atoms with Gasteiger partial charge in [0.2, 0.25) is 0 Å². The first-order valence-corrected chi connectivity index (χ1v) is 14.4. The molecule has 0 fully saturated rings. The Bertz CT molecular complexity index is 2020. The zero-order valence-electron chi connectivity index (χ0n) is 23.7. The summed E-state index contributed by atoms with van der Waals surface area (Å²) in [5.74, 6) is 0. The molecular formula is C41H31N. The first-order valence-electron chi connectivity index (χ1n) is 14.4. The van der Waals surface area contributed by atoms with Crippen LogP contribution in [-0.2, 0) is 0 Å². The molecule has 1 aromatic heterocycles. The molecule has 200 valence electrons. The predicted octanol–water partition coefficient (Wildman–Crippen LogP) is 11.4. The summed E-state index contributed by atoms with van der Waals surface area (Å²) < 4.78 is 2.37. The summed E-state index contributed by atoms with van der Waals surface area (Å²) in [6.07, 6.45) is 4.01. The predicted molar refractivity (Wildman–Crippen MR) is 181 cm³/mol. The topological polar surface area (TPSA) is 4.93 Å². The molecular weight excluding hydrogens is 506 g/mol. The van der Waals surface area contributed by atoms with Crippen molar-refractivity contribution in [1.29, 1.82) is 0 Å². The molecule has 0 aliphatic heterocycles. The quantitative estimate of drug-likeness (QED) is 0.186. The number of allylic oxidation sites excluding steroid dienone is 3. The summed E-state index contributed by atoms with van der Waals surface area (Å²) in [7, 11) is 0. The van der Waals surface area contributed by atoms with E-state index in [-0.39, 0.29) is 0 Å². The van der Waals surface area contributed by atoms with Crippen LogP contribution >= 0.6 is 0 Å². The average molecular weight is 538 g/mol. The van der Waals surface area contributed by atoms with Crippen molar-refractivity contribution in [3.63, 3.8) is 0 Å². The van der Waals surface area contributed by atoms with Crippen molar-refractivity contribution in [3.05, 3.63) is 170 Å². The molecule has 0 aliphatic carbocycles. The molecule has 0 unspecified atom stereocenters. The molecule has 1 heteroatoms. The fraction of sp³-hybridized carbons (Fsp3) is 0.0244. The Morgan fingerprint density at radius 1 is 0.500 bits per heavy atom. The maximum absolute atomic E-state index is 3.97. The third kappa shape index (κ3) is 4.56. The summed E-state index contributed by atoms with van der Waals surface area (Å²) >= 11 is 0. The van der Waals surface area contributed by atoms with Crippen LogP contribution in [0.5, 0.6) is 0 Å². The van der Waals surface area contributed by atoms with Crippen LogP contribution in [0.25, 0.3) is 66.4 Å². The number of nitrogens with zero attached hydrogens (tertiary/aromatic N) is 1. The van der Waals surface area contributed by atoms with E-state index in [0.29, 0.717) is 0 Å². The number of hydrogen-bond donors (Lipinski definition) is 0. The highest BCUT2D eigenvalue weighted by atomic mass is 15.0. The molecule has 42 heavy (non-hydrogen) atoms. The van der Waals surface area contributed by atoms with E-state index in [2.05, 4.69) is 163 Å². The van der Waals surface area contributed by atoms with Crippen molar-refractivity contribution in [3.8, 4) is 39.1 Å². The van der Waals surface area contributed by atoms with E-state index in [4.69, 9.17) is 0 Å². The molecule has 0 bridgehead atoms. The Labute approximate surface area is 247 Å². The standard InChI is InChI=1S/C41H31N/c1-3-29(4-2)32-19-22-37(23-20-32)42-40-18-12-11-17-38(40)39-28-33(21-24-41(39)42)36-26-34(30-13-7-5-8-14-30)25-35(27-36)31-15-9-6-10-16-31/h3-28H,1H2,2H3. The summed E-state index contributed by atoms with van der Waals surface area (Å²) in [6.45, 7) is 6.02. The SMILES string of the molecule is C=CC(=CC)c1ccc(-n2c3ccccc3c3cc(-c4cc(-c5ccccc5)cc(-c5ccccc5)c4)ccc32)cc1. The van der Waals surface area contributed by atoms with Gasteiger partial charge in [0.1, 0.15) is 0 Å². The third-order valence-electron chi connectivity index (χ3n) is 8.14. The Balaban J connectivity index is 1.41. The number of rotatable bonds is 6. The number of fused-ring (bicyclic) bond motifs is 3. The summed E-state index contributed by atoms with van der Waals surface area (Å²) in [4.78, 5) is 0. The molecule has 0 aliphatic rings. The fourth-order valence-electron chi connectivity index (χ4n) is 6.02. The van der Waals surface area contributed by atoms with Gasteiger partial charge in [-0.15, -0.1) is 0 Å². The van der Waals surface area contributed by atoms with Crippen LogP contribution < -0.4 is 0 Å². The molecule has 1 heterocycles. The molecule has 7 aromatic rings. The van der Waals surface area contributed by atoms with E-state index in [1.807, 2.05) is 13.0 Å². The molecule has 7 rings (SSSR count). The average Bonchev–Trinajstić information content (AvgIpc) is 3.40. The number of benzene rings is 6. The lowest BCUT2D eigenvalue weighted by atomic mass is 9.93. The molecule has 0 N–H and O–H groups in total. The molecule has 0 saturated heterocycles. The molecule has 0 atom stereocenters. The third-order valence-corrected chi connectivity index (χ3v) is 8.14. The molecule has 0 saturated carbocycles. The number of aromatic nitrogens is 1. The van der Waals surface area contributed by atoms with Crippen molar-refractivity contribution in [2.45, 2.75) is 6.92 Å². The lowest BCUT2D eigenvalue weighted by Crippen LogP contribution is -1.94. The van der Waals surface area contributed by atoms with Crippen LogP contribution in [0.1, 0.15) is 12.5 Å². The largest absolute Gasteiger partial charge is 0.309 e. The van der Waals surface area contributed by atoms with Crippen LogP contribution in [0.3, 0.4) is 0 Å². The molecule has 6 aromatic carbocycles. The summed E-state index contributed by atoms with van der Waals surface area (Å²) in [6, 6.07) is 52.6. The molecule has 0 spiro atoms. The Morgan fingerprint density at radius 3 is 1.64 bits per heavy atom. The van der Waals surface area contributed by atoms with Crippen molar-refractivity contribution < 1.29 is 0 Å². The molecule has 0 radical (unpaired) electrons. The second-order valence-electron chi connectivity index (χ2n) is 10.6. The van der Waals surface area contributed by atoms with Gasteiger partial charge < -0.3 is 4.57 Å². The van der Waals surface area contributed by atoms with Crippen LogP contribution in [0.2, 0.25) is 0 Å². The van der Waals surface area contributed by atoms with E-state index in [1.54, 1.807) is 0 Å². The van der Waals surface area contributed by atoms with Gasteiger partial charge in [-0.1, -0.05) is 116 Å². The lowest BCUT2D eigenvalue weighted by molar-refractivity contribution is 1.18. The Hall–Kier alpha value is -5.40. The van der Waals surface area contributed by atoms with E-state index < -0.39 is 0 Å². The van der Waals surface area contributed by atoms with Gasteiger partial charge in [-0.05, 0) is 100.0 Å². The number of hydrogen-bond acceptors (Lipinski definition) is 0. The Kier molecular flexibility index (Phi) is 6.62. The highest BCUT2D eigenvalue weighted by molar-refractivity contribution is 6.10. The zero-order chi connectivity index (χ0) is 28.5. The number of para-hydroxylation sites is 1.